The maximum Gasteiger partial charge on any atom is 0.345 e. The molecule has 0 radical (unpaired) electrons. The third-order valence-electron chi connectivity index (χ3n) is 17.2. The fourth-order valence-corrected chi connectivity index (χ4v) is 24.2. The summed E-state index contributed by atoms with van der Waals surface area (Å²) >= 11 is 0. The Morgan fingerprint density at radius 2 is 0.656 bits per heavy atom. The van der Waals surface area contributed by atoms with E-state index >= 15 is 9.59 Å². The Hall–Kier alpha value is -7.45. The van der Waals surface area contributed by atoms with Gasteiger partial charge in [-0.05, 0) is 111 Å². The molecule has 490 valence electrons. The lowest BCUT2D eigenvalue weighted by molar-refractivity contribution is 0.0331. The maximum atomic E-state index is 15.3. The molecule has 0 heterocycles. The van der Waals surface area contributed by atoms with E-state index in [9.17, 15) is 9.59 Å². The lowest BCUT2D eigenvalue weighted by Gasteiger charge is -2.43. The van der Waals surface area contributed by atoms with Crippen molar-refractivity contribution in [3.05, 3.63) is 106 Å². The molecule has 0 bridgehead atoms. The van der Waals surface area contributed by atoms with Gasteiger partial charge in [-0.25, -0.2) is 19.2 Å². The van der Waals surface area contributed by atoms with Crippen molar-refractivity contribution in [1.29, 1.82) is 0 Å². The summed E-state index contributed by atoms with van der Waals surface area (Å²) in [7, 11) is 2.50. The van der Waals surface area contributed by atoms with E-state index in [0.29, 0.717) is 55.3 Å². The fraction of sp³-hybridized carbons (Fsp3) is 0.500. The van der Waals surface area contributed by atoms with Crippen molar-refractivity contribution in [2.75, 3.05) is 42.7 Å². The van der Waals surface area contributed by atoms with Crippen molar-refractivity contribution < 1.29 is 75.4 Å². The third kappa shape index (κ3) is 14.0. The van der Waals surface area contributed by atoms with Crippen molar-refractivity contribution in [1.82, 2.24) is 0 Å². The number of esters is 4. The van der Waals surface area contributed by atoms with Gasteiger partial charge in [-0.3, -0.25) is 0 Å². The van der Waals surface area contributed by atoms with Crippen LogP contribution in [0.1, 0.15) is 177 Å². The Kier molecular flexibility index (Phi) is 24.0. The summed E-state index contributed by atoms with van der Waals surface area (Å²) < 4.78 is 80.6. The van der Waals surface area contributed by atoms with Crippen LogP contribution in [0.3, 0.4) is 0 Å². The quantitative estimate of drug-likeness (QED) is 0.0246. The van der Waals surface area contributed by atoms with Crippen LogP contribution in [0.15, 0.2) is 72.8 Å². The number of carbonyl (C=O) groups is 4. The van der Waals surface area contributed by atoms with E-state index in [1.807, 2.05) is 65.8 Å². The Bertz CT molecular complexity index is 3240. The van der Waals surface area contributed by atoms with Crippen molar-refractivity contribution in [2.24, 2.45) is 0 Å². The second kappa shape index (κ2) is 30.1. The van der Waals surface area contributed by atoms with Crippen LogP contribution in [0.25, 0.3) is 32.7 Å². The number of benzene rings is 6. The summed E-state index contributed by atoms with van der Waals surface area (Å²) in [5.41, 5.74) is 2.21. The van der Waals surface area contributed by atoms with E-state index in [1.165, 1.54) is 28.4 Å². The number of fused-ring (bicyclic) bond motifs is 2. The van der Waals surface area contributed by atoms with Gasteiger partial charge in [-0.2, -0.15) is 0 Å². The Morgan fingerprint density at radius 3 is 0.900 bits per heavy atom. The average Bonchev–Trinajstić information content (AvgIpc) is 0.703. The number of hydrogen-bond acceptors (Lipinski definition) is 16. The topological polar surface area (TPSA) is 179 Å². The van der Waals surface area contributed by atoms with E-state index in [2.05, 4.69) is 83.1 Å². The minimum atomic E-state index is -3.07. The van der Waals surface area contributed by atoms with Gasteiger partial charge in [-0.1, -0.05) is 119 Å². The van der Waals surface area contributed by atoms with Gasteiger partial charge >= 0.3 is 23.9 Å². The van der Waals surface area contributed by atoms with E-state index < -0.39 is 64.9 Å². The lowest BCUT2D eigenvalue weighted by Crippen LogP contribution is -2.50. The number of hydrogen-bond donors (Lipinski definition) is 0. The van der Waals surface area contributed by atoms with Crippen LogP contribution in [0.2, 0.25) is 33.2 Å². The second-order valence-electron chi connectivity index (χ2n) is 25.6. The normalized spacial score (nSPS) is 12.8. The standard InChI is InChI=1S/C72H98O16Si2/c1-39(2)83-65-55(53-37-51(35-47(17)85-69(73)49-31-27-25-28-32-49)61(77-19)67(57(53)63(79-21)59(65)71(75)81-23)87-89(41(5)6,42(7)8)43(9)10)56-54-38-52(36-48(18)86-70(74)50-33-29-26-30-34-50)62(78-20)68(88-90(44(11)12,45(13)14)46(15)16)58(54)64(80-22)60(72(76)82-24)66(56)84-40(3)4/h25-34,37-48H,35-36H2,1-24H3/t47-,48-/m1/s1. The molecule has 6 aromatic carbocycles. The highest BCUT2D eigenvalue weighted by Crippen LogP contribution is 2.62. The highest BCUT2D eigenvalue weighted by atomic mass is 28.4. The van der Waals surface area contributed by atoms with Gasteiger partial charge < -0.3 is 56.2 Å². The van der Waals surface area contributed by atoms with Gasteiger partial charge in [0, 0.05) is 45.9 Å². The summed E-state index contributed by atoms with van der Waals surface area (Å²) in [6.45, 7) is 37.0. The van der Waals surface area contributed by atoms with Crippen LogP contribution in [0, 0.1) is 0 Å². The zero-order chi connectivity index (χ0) is 67.0. The lowest BCUT2D eigenvalue weighted by atomic mass is 9.84. The minimum Gasteiger partial charge on any atom is -0.540 e. The molecule has 2 atom stereocenters. The highest BCUT2D eigenvalue weighted by molar-refractivity contribution is 6.79. The van der Waals surface area contributed by atoms with Crippen molar-refractivity contribution >= 4 is 62.1 Å². The molecule has 6 aromatic rings. The molecular formula is C72H98O16Si2. The largest absolute Gasteiger partial charge is 0.540 e. The molecule has 0 amide bonds. The molecule has 0 saturated carbocycles. The van der Waals surface area contributed by atoms with E-state index in [-0.39, 0.29) is 103 Å². The van der Waals surface area contributed by atoms with Crippen molar-refractivity contribution in [2.45, 2.75) is 195 Å². The van der Waals surface area contributed by atoms with Gasteiger partial charge in [0.25, 0.3) is 16.6 Å². The van der Waals surface area contributed by atoms with Crippen molar-refractivity contribution in [3.63, 3.8) is 0 Å². The Morgan fingerprint density at radius 1 is 0.367 bits per heavy atom. The molecule has 0 fully saturated rings. The predicted octanol–water partition coefficient (Wildman–Crippen LogP) is 17.5. The van der Waals surface area contributed by atoms with Crippen LogP contribution in [0.4, 0.5) is 0 Å². The summed E-state index contributed by atoms with van der Waals surface area (Å²) in [4.78, 5) is 58.5. The van der Waals surface area contributed by atoms with Gasteiger partial charge in [0.15, 0.2) is 23.0 Å². The van der Waals surface area contributed by atoms with Crippen LogP contribution in [-0.4, -0.2) is 108 Å². The smallest absolute Gasteiger partial charge is 0.345 e. The summed E-state index contributed by atoms with van der Waals surface area (Å²) in [5, 5.41) is 1.43. The molecule has 0 N–H and O–H groups in total. The molecule has 90 heavy (non-hydrogen) atoms. The third-order valence-corrected chi connectivity index (χ3v) is 29.1. The number of methoxy groups -OCH3 is 6. The molecule has 0 aromatic heterocycles. The van der Waals surface area contributed by atoms with Gasteiger partial charge in [-0.15, -0.1) is 0 Å². The molecule has 0 saturated heterocycles. The first-order chi connectivity index (χ1) is 42.5. The Labute approximate surface area is 536 Å². The predicted molar refractivity (Wildman–Crippen MR) is 361 cm³/mol. The molecule has 0 aliphatic heterocycles. The van der Waals surface area contributed by atoms with Crippen LogP contribution >= 0.6 is 0 Å². The van der Waals surface area contributed by atoms with Crippen molar-refractivity contribution in [3.8, 4) is 57.1 Å². The van der Waals surface area contributed by atoms with Gasteiger partial charge in [0.2, 0.25) is 0 Å². The SMILES string of the molecule is COC(=O)c1c(OC(C)C)c(-c2c(OC(C)C)c(C(=O)OC)c(OC)c3c(O[Si](C(C)C)(C(C)C)C(C)C)c(OC)c(C[C@@H](C)OC(=O)c4ccccc4)cc23)c2cc(C[C@@H](C)OC(=O)c3ccccc3)c(OC)c(O[Si](C(C)C)(C(C)C)C(C)C)c2c1OC. The molecule has 0 aliphatic carbocycles. The fourth-order valence-electron chi connectivity index (χ4n) is 13.7. The number of carbonyl (C=O) groups excluding carboxylic acids is 4. The Balaban J connectivity index is 2.09. The summed E-state index contributed by atoms with van der Waals surface area (Å²) in [6.07, 6.45) is -2.62. The van der Waals surface area contributed by atoms with E-state index in [0.717, 1.165) is 0 Å². The second-order valence-corrected chi connectivity index (χ2v) is 36.3. The zero-order valence-corrected chi connectivity index (χ0v) is 59.6. The zero-order valence-electron chi connectivity index (χ0n) is 57.6. The maximum absolute atomic E-state index is 15.3. The molecular weight excluding hydrogens is 1180 g/mol. The minimum absolute atomic E-state index is 0.00283. The first kappa shape index (κ1) is 71.6. The summed E-state index contributed by atoms with van der Waals surface area (Å²) in [5.74, 6) is -1.40. The number of ether oxygens (including phenoxy) is 10. The number of rotatable bonds is 29. The molecule has 16 nitrogen and oxygen atoms in total. The van der Waals surface area contributed by atoms with Gasteiger partial charge in [0.05, 0.1) is 76.8 Å². The molecule has 6 rings (SSSR count). The van der Waals surface area contributed by atoms with Crippen LogP contribution < -0.4 is 37.3 Å². The first-order valence-corrected chi connectivity index (χ1v) is 35.7. The van der Waals surface area contributed by atoms with E-state index in [4.69, 9.17) is 56.2 Å². The molecule has 0 unspecified atom stereocenters. The molecule has 18 heteroatoms. The first-order valence-electron chi connectivity index (χ1n) is 31.4. The van der Waals surface area contributed by atoms with E-state index in [1.54, 1.807) is 62.8 Å². The molecule has 0 aliphatic rings. The average molecular weight is 1280 g/mol. The van der Waals surface area contributed by atoms with Crippen LogP contribution in [-0.2, 0) is 31.8 Å². The van der Waals surface area contributed by atoms with Crippen LogP contribution in [0.5, 0.6) is 46.0 Å². The highest BCUT2D eigenvalue weighted by Gasteiger charge is 2.51. The van der Waals surface area contributed by atoms with Gasteiger partial charge in [0.1, 0.15) is 46.3 Å². The molecule has 0 spiro atoms. The monoisotopic (exact) mass is 1270 g/mol. The summed E-state index contributed by atoms with van der Waals surface area (Å²) in [6, 6.07) is 21.4.